The Morgan fingerprint density at radius 3 is 2.74 bits per heavy atom. The number of hydrogen-bond donors (Lipinski definition) is 3. The number of rotatable bonds is 9. The molecule has 0 unspecified atom stereocenters. The van der Waals surface area contributed by atoms with Gasteiger partial charge in [0, 0.05) is 37.3 Å². The summed E-state index contributed by atoms with van der Waals surface area (Å²) in [5.74, 6) is -0.558. The third-order valence-electron chi connectivity index (χ3n) is 6.65. The van der Waals surface area contributed by atoms with Gasteiger partial charge in [0.05, 0.1) is 22.9 Å². The molecule has 0 radical (unpaired) electrons. The van der Waals surface area contributed by atoms with Crippen LogP contribution in [0.4, 0.5) is 16.0 Å². The molecule has 0 saturated heterocycles. The van der Waals surface area contributed by atoms with E-state index in [1.54, 1.807) is 25.1 Å². The number of nitrogens with one attached hydrogen (secondary N) is 2. The van der Waals surface area contributed by atoms with Crippen molar-refractivity contribution >= 4 is 38.3 Å². The summed E-state index contributed by atoms with van der Waals surface area (Å²) in [7, 11) is -2.13. The Labute approximate surface area is 219 Å². The van der Waals surface area contributed by atoms with Crippen molar-refractivity contribution < 1.29 is 22.7 Å². The zero-order valence-electron chi connectivity index (χ0n) is 21.1. The average molecular weight is 539 g/mol. The van der Waals surface area contributed by atoms with Gasteiger partial charge < -0.3 is 10.4 Å². The van der Waals surface area contributed by atoms with Crippen molar-refractivity contribution in [3.63, 3.8) is 0 Å². The molecule has 0 spiro atoms. The number of benzene rings is 1. The molecule has 0 atom stereocenters. The van der Waals surface area contributed by atoms with Crippen LogP contribution in [0.1, 0.15) is 53.7 Å². The number of fused-ring (bicyclic) bond motifs is 1. The maximum absolute atomic E-state index is 14.5. The van der Waals surface area contributed by atoms with E-state index >= 15 is 0 Å². The number of pyridine rings is 2. The lowest BCUT2D eigenvalue weighted by Gasteiger charge is -2.19. The fourth-order valence-corrected chi connectivity index (χ4v) is 4.88. The molecule has 0 bridgehead atoms. The Morgan fingerprint density at radius 1 is 1.29 bits per heavy atom. The molecule has 1 aliphatic rings. The number of ketones is 1. The van der Waals surface area contributed by atoms with Crippen LogP contribution in [0.3, 0.4) is 0 Å². The van der Waals surface area contributed by atoms with Crippen molar-refractivity contribution in [1.82, 2.24) is 20.2 Å². The highest BCUT2D eigenvalue weighted by Crippen LogP contribution is 2.46. The van der Waals surface area contributed by atoms with Gasteiger partial charge in [0.15, 0.2) is 17.3 Å². The van der Waals surface area contributed by atoms with Crippen LogP contribution < -0.4 is 9.62 Å². The highest BCUT2D eigenvalue weighted by Gasteiger charge is 2.29. The van der Waals surface area contributed by atoms with Crippen LogP contribution in [-0.2, 0) is 16.6 Å². The van der Waals surface area contributed by atoms with E-state index in [9.17, 15) is 22.7 Å². The number of phenols is 1. The maximum atomic E-state index is 14.5. The van der Waals surface area contributed by atoms with Gasteiger partial charge in [0.2, 0.25) is 10.0 Å². The van der Waals surface area contributed by atoms with Crippen LogP contribution >= 0.6 is 0 Å². The second kappa shape index (κ2) is 9.67. The van der Waals surface area contributed by atoms with Crippen LogP contribution in [0.15, 0.2) is 36.5 Å². The first kappa shape index (κ1) is 25.6. The van der Waals surface area contributed by atoms with Crippen molar-refractivity contribution in [2.45, 2.75) is 38.6 Å². The molecule has 0 amide bonds. The van der Waals surface area contributed by atoms with E-state index in [-0.39, 0.29) is 36.2 Å². The number of Topliss-reactive ketones (excluding diaryl/α,β-unsaturated/α-hetero) is 1. The molecule has 3 aromatic heterocycles. The van der Waals surface area contributed by atoms with Gasteiger partial charge in [-0.3, -0.25) is 14.2 Å². The number of aromatic hydroxyl groups is 1. The standard InChI is InChI=1S/C26H27FN6O4S/c1-4-21(34)24-23-20(31-32-24)12-19(17-10-18(27)22(35)11-16(17)14-7-8-14)30-25(23)29-13-15-6-5-9-28-26(15)33(2)38(3,36)37/h5-6,9-12,14,35H,4,7-8,13H2,1-3H3,(H,29,30)(H,31,32). The van der Waals surface area contributed by atoms with E-state index in [1.165, 1.54) is 25.4 Å². The van der Waals surface area contributed by atoms with Gasteiger partial charge in [-0.2, -0.15) is 5.10 Å². The largest absolute Gasteiger partial charge is 0.505 e. The molecule has 1 saturated carbocycles. The number of nitrogens with zero attached hydrogens (tertiary/aromatic N) is 4. The number of halogens is 1. The van der Waals surface area contributed by atoms with Crippen LogP contribution in [0.2, 0.25) is 0 Å². The number of phenolic OH excluding ortho intramolecular Hbond substituents is 1. The van der Waals surface area contributed by atoms with Crippen molar-refractivity contribution in [2.75, 3.05) is 22.9 Å². The molecule has 5 rings (SSSR count). The number of anilines is 2. The summed E-state index contributed by atoms with van der Waals surface area (Å²) in [5.41, 5.74) is 3.13. The molecule has 3 heterocycles. The molecule has 4 aromatic rings. The van der Waals surface area contributed by atoms with E-state index < -0.39 is 21.6 Å². The third kappa shape index (κ3) is 4.78. The topological polar surface area (TPSA) is 141 Å². The number of sulfonamides is 1. The van der Waals surface area contributed by atoms with Gasteiger partial charge in [-0.05, 0) is 48.6 Å². The maximum Gasteiger partial charge on any atom is 0.233 e. The van der Waals surface area contributed by atoms with Gasteiger partial charge in [0.25, 0.3) is 0 Å². The van der Waals surface area contributed by atoms with Crippen LogP contribution in [0, 0.1) is 5.82 Å². The number of hydrogen-bond acceptors (Lipinski definition) is 8. The number of carbonyl (C=O) groups is 1. The van der Waals surface area contributed by atoms with E-state index in [0.29, 0.717) is 33.5 Å². The van der Waals surface area contributed by atoms with Crippen LogP contribution in [0.25, 0.3) is 22.2 Å². The highest BCUT2D eigenvalue weighted by molar-refractivity contribution is 7.92. The fourth-order valence-electron chi connectivity index (χ4n) is 4.40. The Kier molecular flexibility index (Phi) is 6.51. The van der Waals surface area contributed by atoms with Crippen LogP contribution in [-0.4, -0.2) is 52.8 Å². The van der Waals surface area contributed by atoms with Crippen molar-refractivity contribution in [2.24, 2.45) is 0 Å². The summed E-state index contributed by atoms with van der Waals surface area (Å²) in [5, 5.41) is 20.8. The lowest BCUT2D eigenvalue weighted by Crippen LogP contribution is -2.27. The summed E-state index contributed by atoms with van der Waals surface area (Å²) in [6.45, 7) is 1.88. The molecular formula is C26H27FN6O4S. The predicted molar refractivity (Wildman–Crippen MR) is 142 cm³/mol. The Bertz CT molecular complexity index is 1670. The number of H-pyrrole nitrogens is 1. The van der Waals surface area contributed by atoms with Gasteiger partial charge in [0.1, 0.15) is 17.3 Å². The second-order valence-corrected chi connectivity index (χ2v) is 11.4. The zero-order valence-corrected chi connectivity index (χ0v) is 21.9. The monoisotopic (exact) mass is 538 g/mol. The lowest BCUT2D eigenvalue weighted by molar-refractivity contribution is 0.0985. The molecule has 1 fully saturated rings. The number of carbonyl (C=O) groups excluding carboxylic acids is 1. The summed E-state index contributed by atoms with van der Waals surface area (Å²) < 4.78 is 39.9. The molecule has 10 nitrogen and oxygen atoms in total. The molecule has 198 valence electrons. The predicted octanol–water partition coefficient (Wildman–Crippen LogP) is 4.34. The van der Waals surface area contributed by atoms with E-state index in [1.807, 2.05) is 0 Å². The van der Waals surface area contributed by atoms with E-state index in [2.05, 4.69) is 20.5 Å². The van der Waals surface area contributed by atoms with Gasteiger partial charge in [-0.15, -0.1) is 0 Å². The average Bonchev–Trinajstić information content (AvgIpc) is 3.65. The van der Waals surface area contributed by atoms with Crippen molar-refractivity contribution in [1.29, 1.82) is 0 Å². The van der Waals surface area contributed by atoms with Crippen molar-refractivity contribution in [3.8, 4) is 17.0 Å². The molecule has 1 aliphatic carbocycles. The molecule has 3 N–H and O–H groups in total. The third-order valence-corrected chi connectivity index (χ3v) is 7.82. The van der Waals surface area contributed by atoms with E-state index in [0.717, 1.165) is 29.0 Å². The Morgan fingerprint density at radius 2 is 2.05 bits per heavy atom. The highest BCUT2D eigenvalue weighted by atomic mass is 32.2. The van der Waals surface area contributed by atoms with Gasteiger partial charge in [-0.1, -0.05) is 13.0 Å². The number of aromatic nitrogens is 4. The molecular weight excluding hydrogens is 511 g/mol. The summed E-state index contributed by atoms with van der Waals surface area (Å²) >= 11 is 0. The minimum Gasteiger partial charge on any atom is -0.505 e. The number of aromatic amines is 1. The molecule has 0 aliphatic heterocycles. The SMILES string of the molecule is CCC(=O)c1n[nH]c2cc(-c3cc(F)c(O)cc3C3CC3)nc(NCc3cccnc3N(C)S(C)(=O)=O)c12. The fraction of sp³-hybridized carbons (Fsp3) is 0.308. The van der Waals surface area contributed by atoms with Crippen molar-refractivity contribution in [3.05, 3.63) is 59.2 Å². The molecule has 1 aromatic carbocycles. The van der Waals surface area contributed by atoms with E-state index in [4.69, 9.17) is 4.98 Å². The summed E-state index contributed by atoms with van der Waals surface area (Å²) in [4.78, 5) is 21.7. The second-order valence-electron chi connectivity index (χ2n) is 9.36. The normalized spacial score (nSPS) is 13.6. The minimum absolute atomic E-state index is 0.138. The first-order valence-corrected chi connectivity index (χ1v) is 14.0. The quantitative estimate of drug-likeness (QED) is 0.267. The van der Waals surface area contributed by atoms with Crippen LogP contribution in [0.5, 0.6) is 5.75 Å². The smallest absolute Gasteiger partial charge is 0.233 e. The van der Waals surface area contributed by atoms with Gasteiger partial charge in [-0.25, -0.2) is 22.8 Å². The minimum atomic E-state index is -3.55. The Balaban J connectivity index is 1.63. The Hall–Kier alpha value is -4.06. The molecule has 12 heteroatoms. The lowest BCUT2D eigenvalue weighted by atomic mass is 9.98. The summed E-state index contributed by atoms with van der Waals surface area (Å²) in [6.07, 6.45) is 4.70. The first-order chi connectivity index (χ1) is 18.1. The zero-order chi connectivity index (χ0) is 27.2. The first-order valence-electron chi connectivity index (χ1n) is 12.1. The molecule has 38 heavy (non-hydrogen) atoms. The van der Waals surface area contributed by atoms with Gasteiger partial charge >= 0.3 is 0 Å². The summed E-state index contributed by atoms with van der Waals surface area (Å²) in [6, 6.07) is 7.87.